The van der Waals surface area contributed by atoms with Gasteiger partial charge >= 0.3 is 0 Å². The maximum absolute atomic E-state index is 11.6. The number of para-hydroxylation sites is 1. The van der Waals surface area contributed by atoms with Gasteiger partial charge in [0.2, 0.25) is 5.91 Å². The van der Waals surface area contributed by atoms with Crippen LogP contribution in [0.15, 0.2) is 30.3 Å². The normalized spacial score (nSPS) is 11.2. The maximum Gasteiger partial charge on any atom is 0.238 e. The fraction of sp³-hybridized carbons (Fsp3) is 0.462. The number of anilines is 1. The standard InChI is InChI=1S/C13H20N2O2/c1-13(2,17-3)10-14-9-12(16)15-11-7-5-4-6-8-11/h4-8,14H,9-10H2,1-3H3,(H,15,16). The van der Waals surface area contributed by atoms with E-state index in [2.05, 4.69) is 10.6 Å². The Labute approximate surface area is 102 Å². The van der Waals surface area contributed by atoms with Crippen LogP contribution in [0, 0.1) is 0 Å². The summed E-state index contributed by atoms with van der Waals surface area (Å²) in [6.07, 6.45) is 0. The molecular formula is C13H20N2O2. The van der Waals surface area contributed by atoms with Crippen molar-refractivity contribution in [3.05, 3.63) is 30.3 Å². The SMILES string of the molecule is COC(C)(C)CNCC(=O)Nc1ccccc1. The number of amides is 1. The van der Waals surface area contributed by atoms with Gasteiger partial charge in [-0.25, -0.2) is 0 Å². The molecule has 1 amide bonds. The minimum Gasteiger partial charge on any atom is -0.377 e. The third kappa shape index (κ3) is 5.47. The lowest BCUT2D eigenvalue weighted by molar-refractivity contribution is -0.115. The monoisotopic (exact) mass is 236 g/mol. The molecule has 0 aromatic heterocycles. The van der Waals surface area contributed by atoms with Gasteiger partial charge in [0.15, 0.2) is 0 Å². The van der Waals surface area contributed by atoms with Crippen molar-refractivity contribution in [2.45, 2.75) is 19.4 Å². The summed E-state index contributed by atoms with van der Waals surface area (Å²) < 4.78 is 5.24. The molecule has 2 N–H and O–H groups in total. The highest BCUT2D eigenvalue weighted by atomic mass is 16.5. The van der Waals surface area contributed by atoms with Crippen LogP contribution < -0.4 is 10.6 Å². The Hall–Kier alpha value is -1.39. The zero-order valence-electron chi connectivity index (χ0n) is 10.6. The molecule has 0 saturated heterocycles. The number of carbonyl (C=O) groups is 1. The highest BCUT2D eigenvalue weighted by Crippen LogP contribution is 2.05. The average Bonchev–Trinajstić information content (AvgIpc) is 2.30. The van der Waals surface area contributed by atoms with Crippen LogP contribution in [0.3, 0.4) is 0 Å². The summed E-state index contributed by atoms with van der Waals surface area (Å²) in [4.78, 5) is 11.6. The number of methoxy groups -OCH3 is 1. The average molecular weight is 236 g/mol. The summed E-state index contributed by atoms with van der Waals surface area (Å²) in [6, 6.07) is 9.40. The topological polar surface area (TPSA) is 50.4 Å². The van der Waals surface area contributed by atoms with Crippen molar-refractivity contribution in [1.82, 2.24) is 5.32 Å². The van der Waals surface area contributed by atoms with E-state index in [9.17, 15) is 4.79 Å². The number of hydrogen-bond acceptors (Lipinski definition) is 3. The van der Waals surface area contributed by atoms with Gasteiger partial charge in [-0.2, -0.15) is 0 Å². The Bertz CT molecular complexity index is 350. The van der Waals surface area contributed by atoms with Crippen molar-refractivity contribution in [1.29, 1.82) is 0 Å². The van der Waals surface area contributed by atoms with Crippen LogP contribution in [0.4, 0.5) is 5.69 Å². The van der Waals surface area contributed by atoms with Gasteiger partial charge in [-0.05, 0) is 26.0 Å². The molecule has 0 saturated carbocycles. The third-order valence-corrected chi connectivity index (χ3v) is 2.45. The molecule has 17 heavy (non-hydrogen) atoms. The Balaban J connectivity index is 2.27. The number of hydrogen-bond donors (Lipinski definition) is 2. The lowest BCUT2D eigenvalue weighted by Crippen LogP contribution is -2.40. The van der Waals surface area contributed by atoms with E-state index in [1.807, 2.05) is 44.2 Å². The van der Waals surface area contributed by atoms with Gasteiger partial charge < -0.3 is 15.4 Å². The predicted molar refractivity (Wildman–Crippen MR) is 69.0 cm³/mol. The van der Waals surface area contributed by atoms with Crippen LogP contribution in [-0.4, -0.2) is 31.7 Å². The molecule has 0 spiro atoms. The van der Waals surface area contributed by atoms with E-state index < -0.39 is 0 Å². The van der Waals surface area contributed by atoms with Crippen molar-refractivity contribution in [3.8, 4) is 0 Å². The molecule has 0 unspecified atom stereocenters. The lowest BCUT2D eigenvalue weighted by atomic mass is 10.1. The molecule has 94 valence electrons. The first-order valence-electron chi connectivity index (χ1n) is 5.64. The van der Waals surface area contributed by atoms with Crippen LogP contribution in [0.2, 0.25) is 0 Å². The van der Waals surface area contributed by atoms with Crippen molar-refractivity contribution in [2.24, 2.45) is 0 Å². The first-order valence-corrected chi connectivity index (χ1v) is 5.64. The first-order chi connectivity index (χ1) is 8.03. The molecule has 1 rings (SSSR count). The number of benzene rings is 1. The van der Waals surface area contributed by atoms with E-state index in [1.165, 1.54) is 0 Å². The summed E-state index contributed by atoms with van der Waals surface area (Å²) in [7, 11) is 1.66. The molecule has 0 aliphatic heterocycles. The fourth-order valence-electron chi connectivity index (χ4n) is 1.28. The molecule has 0 fully saturated rings. The minimum atomic E-state index is -0.257. The molecule has 1 aromatic rings. The maximum atomic E-state index is 11.6. The first kappa shape index (κ1) is 13.7. The molecule has 0 atom stereocenters. The Kier molecular flexibility index (Phi) is 5.12. The Morgan fingerprint density at radius 1 is 1.29 bits per heavy atom. The Morgan fingerprint density at radius 2 is 1.94 bits per heavy atom. The summed E-state index contributed by atoms with van der Waals surface area (Å²) in [5.74, 6) is -0.0527. The largest absolute Gasteiger partial charge is 0.377 e. The van der Waals surface area contributed by atoms with E-state index in [0.717, 1.165) is 5.69 Å². The minimum absolute atomic E-state index is 0.0527. The zero-order valence-corrected chi connectivity index (χ0v) is 10.6. The molecule has 0 heterocycles. The molecule has 0 aliphatic rings. The second-order valence-corrected chi connectivity index (χ2v) is 4.48. The predicted octanol–water partition coefficient (Wildman–Crippen LogP) is 1.64. The number of ether oxygens (including phenoxy) is 1. The molecule has 0 aliphatic carbocycles. The van der Waals surface area contributed by atoms with Crippen molar-refractivity contribution in [2.75, 3.05) is 25.5 Å². The van der Waals surface area contributed by atoms with Crippen LogP contribution in [0.25, 0.3) is 0 Å². The molecular weight excluding hydrogens is 216 g/mol. The number of nitrogens with one attached hydrogen (secondary N) is 2. The highest BCUT2D eigenvalue weighted by Gasteiger charge is 2.15. The summed E-state index contributed by atoms with van der Waals surface area (Å²) in [6.45, 7) is 4.84. The van der Waals surface area contributed by atoms with E-state index in [1.54, 1.807) is 7.11 Å². The lowest BCUT2D eigenvalue weighted by Gasteiger charge is -2.22. The summed E-state index contributed by atoms with van der Waals surface area (Å²) >= 11 is 0. The highest BCUT2D eigenvalue weighted by molar-refractivity contribution is 5.92. The van der Waals surface area contributed by atoms with Gasteiger partial charge in [0.05, 0.1) is 12.1 Å². The van der Waals surface area contributed by atoms with Crippen LogP contribution in [0.1, 0.15) is 13.8 Å². The number of rotatable bonds is 6. The van der Waals surface area contributed by atoms with E-state index in [-0.39, 0.29) is 18.1 Å². The molecule has 0 radical (unpaired) electrons. The van der Waals surface area contributed by atoms with Crippen molar-refractivity contribution < 1.29 is 9.53 Å². The number of carbonyl (C=O) groups excluding carboxylic acids is 1. The second kappa shape index (κ2) is 6.37. The van der Waals surface area contributed by atoms with Gasteiger partial charge in [-0.15, -0.1) is 0 Å². The van der Waals surface area contributed by atoms with Gasteiger partial charge in [0, 0.05) is 19.3 Å². The van der Waals surface area contributed by atoms with Gasteiger partial charge in [0.25, 0.3) is 0 Å². The van der Waals surface area contributed by atoms with Gasteiger partial charge in [-0.3, -0.25) is 4.79 Å². The van der Waals surface area contributed by atoms with Gasteiger partial charge in [0.1, 0.15) is 0 Å². The smallest absolute Gasteiger partial charge is 0.238 e. The van der Waals surface area contributed by atoms with E-state index in [0.29, 0.717) is 6.54 Å². The van der Waals surface area contributed by atoms with Crippen LogP contribution in [-0.2, 0) is 9.53 Å². The van der Waals surface area contributed by atoms with Crippen molar-refractivity contribution in [3.63, 3.8) is 0 Å². The quantitative estimate of drug-likeness (QED) is 0.789. The third-order valence-electron chi connectivity index (χ3n) is 2.45. The molecule has 1 aromatic carbocycles. The van der Waals surface area contributed by atoms with E-state index in [4.69, 9.17) is 4.74 Å². The fourth-order valence-corrected chi connectivity index (χ4v) is 1.28. The van der Waals surface area contributed by atoms with Crippen LogP contribution >= 0.6 is 0 Å². The van der Waals surface area contributed by atoms with Gasteiger partial charge in [-0.1, -0.05) is 18.2 Å². The Morgan fingerprint density at radius 3 is 2.53 bits per heavy atom. The van der Waals surface area contributed by atoms with Crippen LogP contribution in [0.5, 0.6) is 0 Å². The summed E-state index contributed by atoms with van der Waals surface area (Å²) in [5, 5.41) is 5.86. The van der Waals surface area contributed by atoms with E-state index >= 15 is 0 Å². The van der Waals surface area contributed by atoms with Crippen molar-refractivity contribution >= 4 is 11.6 Å². The second-order valence-electron chi connectivity index (χ2n) is 4.48. The molecule has 0 bridgehead atoms. The zero-order chi connectivity index (χ0) is 12.7. The summed E-state index contributed by atoms with van der Waals surface area (Å²) in [5.41, 5.74) is 0.554. The molecule has 4 heteroatoms. The molecule has 4 nitrogen and oxygen atoms in total.